The lowest BCUT2D eigenvalue weighted by molar-refractivity contribution is -0.384. The van der Waals surface area contributed by atoms with Crippen LogP contribution in [0.4, 0.5) is 17.1 Å². The molecular weight excluding hydrogens is 428 g/mol. The third kappa shape index (κ3) is 3.91. The van der Waals surface area contributed by atoms with Crippen LogP contribution in [0.5, 0.6) is 0 Å². The molecule has 0 unspecified atom stereocenters. The van der Waals surface area contributed by atoms with Crippen LogP contribution in [0.25, 0.3) is 0 Å². The van der Waals surface area contributed by atoms with Gasteiger partial charge in [-0.2, -0.15) is 0 Å². The van der Waals surface area contributed by atoms with Gasteiger partial charge in [0.2, 0.25) is 0 Å². The number of hydrogen-bond donors (Lipinski definition) is 1. The van der Waals surface area contributed by atoms with E-state index in [0.717, 1.165) is 17.5 Å². The molecule has 4 bridgehead atoms. The Balaban J connectivity index is 1.17. The fourth-order valence-corrected chi connectivity index (χ4v) is 7.27. The summed E-state index contributed by atoms with van der Waals surface area (Å²) in [5.74, 6) is 3.10. The van der Waals surface area contributed by atoms with E-state index in [-0.39, 0.29) is 16.5 Å². The van der Waals surface area contributed by atoms with Crippen molar-refractivity contribution < 1.29 is 9.72 Å². The second-order valence-corrected chi connectivity index (χ2v) is 10.7. The Hall–Kier alpha value is -3.09. The van der Waals surface area contributed by atoms with E-state index in [1.807, 2.05) is 47.4 Å². The van der Waals surface area contributed by atoms with Crippen molar-refractivity contribution >= 4 is 23.0 Å². The number of nitrogens with zero attached hydrogens (tertiary/aromatic N) is 3. The first-order valence-corrected chi connectivity index (χ1v) is 12.7. The summed E-state index contributed by atoms with van der Waals surface area (Å²) in [5, 5.41) is 15.5. The first-order valence-electron chi connectivity index (χ1n) is 12.7. The SMILES string of the molecule is O=C(c1ccccc1)N1CCN(c2ccc([N+](=O)[O-])c(NC3C4CC5CC(C4)CC3C5)c2)CC1. The Morgan fingerprint density at radius 3 is 2.15 bits per heavy atom. The van der Waals surface area contributed by atoms with E-state index in [1.54, 1.807) is 6.07 Å². The van der Waals surface area contributed by atoms with Crippen LogP contribution in [0.3, 0.4) is 0 Å². The average Bonchev–Trinajstić information content (AvgIpc) is 2.86. The van der Waals surface area contributed by atoms with E-state index in [0.29, 0.717) is 55.3 Å². The third-order valence-electron chi connectivity index (χ3n) is 8.68. The van der Waals surface area contributed by atoms with Crippen molar-refractivity contribution in [2.45, 2.75) is 38.1 Å². The number of hydrogen-bond acceptors (Lipinski definition) is 5. The summed E-state index contributed by atoms with van der Waals surface area (Å²) in [6.45, 7) is 2.72. The zero-order chi connectivity index (χ0) is 23.2. The average molecular weight is 461 g/mol. The van der Waals surface area contributed by atoms with Gasteiger partial charge in [0.05, 0.1) is 4.92 Å². The molecule has 1 N–H and O–H groups in total. The summed E-state index contributed by atoms with van der Waals surface area (Å²) >= 11 is 0. The number of carbonyl (C=O) groups excluding carboxylic acids is 1. The number of piperazine rings is 1. The molecule has 178 valence electrons. The fourth-order valence-electron chi connectivity index (χ4n) is 7.27. The summed E-state index contributed by atoms with van der Waals surface area (Å²) < 4.78 is 0. The van der Waals surface area contributed by atoms with Gasteiger partial charge in [0, 0.05) is 49.5 Å². The molecule has 5 fully saturated rings. The van der Waals surface area contributed by atoms with Crippen molar-refractivity contribution in [3.05, 3.63) is 64.2 Å². The predicted octanol–water partition coefficient (Wildman–Crippen LogP) is 4.79. The van der Waals surface area contributed by atoms with Gasteiger partial charge < -0.3 is 15.1 Å². The van der Waals surface area contributed by atoms with Gasteiger partial charge in [-0.25, -0.2) is 0 Å². The second-order valence-electron chi connectivity index (χ2n) is 10.7. The lowest BCUT2D eigenvalue weighted by atomic mass is 9.54. The molecule has 7 nitrogen and oxygen atoms in total. The summed E-state index contributed by atoms with van der Waals surface area (Å²) in [5.41, 5.74) is 2.52. The van der Waals surface area contributed by atoms with E-state index >= 15 is 0 Å². The smallest absolute Gasteiger partial charge is 0.292 e. The van der Waals surface area contributed by atoms with E-state index in [1.165, 1.54) is 32.1 Å². The Bertz CT molecular complexity index is 1050. The van der Waals surface area contributed by atoms with Crippen molar-refractivity contribution in [2.24, 2.45) is 23.7 Å². The van der Waals surface area contributed by atoms with Gasteiger partial charge in [0.1, 0.15) is 5.69 Å². The maximum Gasteiger partial charge on any atom is 0.292 e. The molecule has 2 aromatic rings. The van der Waals surface area contributed by atoms with E-state index in [9.17, 15) is 14.9 Å². The number of nitro benzene ring substituents is 1. The molecule has 0 spiro atoms. The van der Waals surface area contributed by atoms with Gasteiger partial charge in [-0.15, -0.1) is 0 Å². The van der Waals surface area contributed by atoms with Crippen molar-refractivity contribution in [1.82, 2.24) is 4.90 Å². The molecule has 1 aliphatic heterocycles. The highest BCUT2D eigenvalue weighted by atomic mass is 16.6. The van der Waals surface area contributed by atoms with Crippen LogP contribution in [0.15, 0.2) is 48.5 Å². The number of benzene rings is 2. The van der Waals surface area contributed by atoms with Crippen LogP contribution in [0.1, 0.15) is 42.5 Å². The number of amides is 1. The number of anilines is 2. The molecule has 7 heteroatoms. The summed E-state index contributed by atoms with van der Waals surface area (Å²) in [6.07, 6.45) is 6.49. The fraction of sp³-hybridized carbons (Fsp3) is 0.519. The molecule has 34 heavy (non-hydrogen) atoms. The van der Waals surface area contributed by atoms with Gasteiger partial charge in [0.25, 0.3) is 11.6 Å². The van der Waals surface area contributed by atoms with Gasteiger partial charge in [0.15, 0.2) is 0 Å². The Morgan fingerprint density at radius 1 is 0.882 bits per heavy atom. The number of nitro groups is 1. The summed E-state index contributed by atoms with van der Waals surface area (Å²) in [4.78, 5) is 28.5. The lowest BCUT2D eigenvalue weighted by Gasteiger charge is -2.54. The van der Waals surface area contributed by atoms with Gasteiger partial charge in [-0.3, -0.25) is 14.9 Å². The molecule has 1 saturated heterocycles. The van der Waals surface area contributed by atoms with Crippen molar-refractivity contribution in [3.8, 4) is 0 Å². The summed E-state index contributed by atoms with van der Waals surface area (Å²) in [6, 6.07) is 15.2. The van der Waals surface area contributed by atoms with Crippen LogP contribution >= 0.6 is 0 Å². The Labute approximate surface area is 200 Å². The molecule has 5 aliphatic rings. The molecule has 0 radical (unpaired) electrons. The Kier molecular flexibility index (Phi) is 5.42. The van der Waals surface area contributed by atoms with Crippen LogP contribution in [-0.4, -0.2) is 48.0 Å². The second kappa shape index (κ2) is 8.60. The molecule has 4 saturated carbocycles. The quantitative estimate of drug-likeness (QED) is 0.513. The van der Waals surface area contributed by atoms with Gasteiger partial charge in [-0.05, 0) is 80.0 Å². The first-order chi connectivity index (χ1) is 16.5. The minimum absolute atomic E-state index is 0.0631. The highest BCUT2D eigenvalue weighted by Gasteiger charge is 2.48. The molecule has 2 aromatic carbocycles. The summed E-state index contributed by atoms with van der Waals surface area (Å²) in [7, 11) is 0. The van der Waals surface area contributed by atoms with Crippen molar-refractivity contribution in [2.75, 3.05) is 36.4 Å². The third-order valence-corrected chi connectivity index (χ3v) is 8.68. The number of carbonyl (C=O) groups is 1. The van der Waals surface area contributed by atoms with Crippen molar-refractivity contribution in [1.29, 1.82) is 0 Å². The molecular formula is C27H32N4O3. The maximum absolute atomic E-state index is 12.8. The van der Waals surface area contributed by atoms with Crippen LogP contribution < -0.4 is 10.2 Å². The molecule has 1 heterocycles. The highest BCUT2D eigenvalue weighted by Crippen LogP contribution is 2.54. The monoisotopic (exact) mass is 460 g/mol. The van der Waals surface area contributed by atoms with E-state index in [4.69, 9.17) is 0 Å². The lowest BCUT2D eigenvalue weighted by Crippen LogP contribution is -2.51. The van der Waals surface area contributed by atoms with Crippen molar-refractivity contribution in [3.63, 3.8) is 0 Å². The molecule has 7 rings (SSSR count). The number of nitrogens with one attached hydrogen (secondary N) is 1. The number of rotatable bonds is 5. The zero-order valence-corrected chi connectivity index (χ0v) is 19.4. The maximum atomic E-state index is 12.8. The zero-order valence-electron chi connectivity index (χ0n) is 19.4. The minimum Gasteiger partial charge on any atom is -0.376 e. The van der Waals surface area contributed by atoms with Crippen LogP contribution in [0, 0.1) is 33.8 Å². The van der Waals surface area contributed by atoms with Gasteiger partial charge in [-0.1, -0.05) is 18.2 Å². The topological polar surface area (TPSA) is 78.7 Å². The molecule has 4 aliphatic carbocycles. The van der Waals surface area contributed by atoms with E-state index < -0.39 is 0 Å². The standard InChI is InChI=1S/C27H32N4O3/c32-27(20-4-2-1-3-5-20)30-10-8-29(9-11-30)23-6-7-25(31(33)34)24(17-23)28-26-21-13-18-12-19(15-21)16-22(26)14-18/h1-7,17-19,21-22,26,28H,8-16H2. The Morgan fingerprint density at radius 2 is 1.53 bits per heavy atom. The molecule has 0 aromatic heterocycles. The molecule has 1 amide bonds. The van der Waals surface area contributed by atoms with Crippen LogP contribution in [-0.2, 0) is 0 Å². The largest absolute Gasteiger partial charge is 0.376 e. The highest BCUT2D eigenvalue weighted by molar-refractivity contribution is 5.94. The predicted molar refractivity (Wildman–Crippen MR) is 132 cm³/mol. The minimum atomic E-state index is -0.265. The normalized spacial score (nSPS) is 29.8. The van der Waals surface area contributed by atoms with Gasteiger partial charge >= 0.3 is 0 Å². The first kappa shape index (κ1) is 21.4. The van der Waals surface area contributed by atoms with Crippen LogP contribution in [0.2, 0.25) is 0 Å². The molecule has 0 atom stereocenters. The van der Waals surface area contributed by atoms with E-state index in [2.05, 4.69) is 10.2 Å².